The molecule has 0 radical (unpaired) electrons. The first-order valence-electron chi connectivity index (χ1n) is 9.72. The quantitative estimate of drug-likeness (QED) is 0.251. The van der Waals surface area contributed by atoms with E-state index < -0.39 is 40.9 Å². The van der Waals surface area contributed by atoms with Gasteiger partial charge in [-0.05, 0) is 48.5 Å². The summed E-state index contributed by atoms with van der Waals surface area (Å²) in [5.74, 6) is -4.40. The van der Waals surface area contributed by atoms with Crippen LogP contribution in [0.3, 0.4) is 0 Å². The van der Waals surface area contributed by atoms with Crippen molar-refractivity contribution in [3.05, 3.63) is 101 Å². The second-order valence-electron chi connectivity index (χ2n) is 7.31. The molecular weight excluding hydrogens is 453 g/mol. The Morgan fingerprint density at radius 3 is 2.36 bits per heavy atom. The Hall–Kier alpha value is -3.98. The van der Waals surface area contributed by atoms with Gasteiger partial charge in [-0.1, -0.05) is 29.5 Å². The standard InChI is InChI=1S/C24H13F3N2O3S/c25-13-7-5-12(6-8-13)21(30)19-20(15-3-1-2-4-16(15)27)29(23(32)22(19)31)24-28-17-10-9-14(26)11-18(17)33-24/h1-11,20,30H/b21-19+/t20-/m0/s1. The highest BCUT2D eigenvalue weighted by Gasteiger charge is 2.49. The van der Waals surface area contributed by atoms with Crippen LogP contribution in [0.4, 0.5) is 18.3 Å². The van der Waals surface area contributed by atoms with E-state index in [0.29, 0.717) is 10.2 Å². The number of rotatable bonds is 3. The van der Waals surface area contributed by atoms with E-state index in [-0.39, 0.29) is 21.8 Å². The summed E-state index contributed by atoms with van der Waals surface area (Å²) >= 11 is 0.956. The van der Waals surface area contributed by atoms with Crippen molar-refractivity contribution in [2.24, 2.45) is 0 Å². The zero-order valence-electron chi connectivity index (χ0n) is 16.6. The monoisotopic (exact) mass is 466 g/mol. The van der Waals surface area contributed by atoms with Crippen molar-refractivity contribution in [3.8, 4) is 0 Å². The van der Waals surface area contributed by atoms with Gasteiger partial charge in [-0.3, -0.25) is 14.5 Å². The van der Waals surface area contributed by atoms with Gasteiger partial charge in [-0.25, -0.2) is 18.2 Å². The summed E-state index contributed by atoms with van der Waals surface area (Å²) < 4.78 is 42.3. The van der Waals surface area contributed by atoms with Crippen molar-refractivity contribution in [1.29, 1.82) is 0 Å². The van der Waals surface area contributed by atoms with E-state index in [1.165, 1.54) is 54.6 Å². The first-order valence-corrected chi connectivity index (χ1v) is 10.5. The van der Waals surface area contributed by atoms with Gasteiger partial charge in [0.2, 0.25) is 0 Å². The first kappa shape index (κ1) is 20.9. The minimum absolute atomic E-state index is 0.0363. The Morgan fingerprint density at radius 2 is 1.64 bits per heavy atom. The molecule has 0 bridgehead atoms. The zero-order chi connectivity index (χ0) is 23.3. The first-order chi connectivity index (χ1) is 15.8. The van der Waals surface area contributed by atoms with Crippen LogP contribution in [0.5, 0.6) is 0 Å². The minimum atomic E-state index is -1.33. The smallest absolute Gasteiger partial charge is 0.301 e. The molecule has 3 aromatic carbocycles. The number of amides is 1. The molecule has 0 unspecified atom stereocenters. The van der Waals surface area contributed by atoms with Gasteiger partial charge < -0.3 is 5.11 Å². The molecule has 1 fully saturated rings. The topological polar surface area (TPSA) is 70.5 Å². The van der Waals surface area contributed by atoms with Crippen molar-refractivity contribution >= 4 is 44.1 Å². The van der Waals surface area contributed by atoms with E-state index in [1.807, 2.05) is 0 Å². The van der Waals surface area contributed by atoms with Crippen LogP contribution in [-0.4, -0.2) is 21.8 Å². The zero-order valence-corrected chi connectivity index (χ0v) is 17.4. The molecule has 1 aliphatic rings. The number of hydrogen-bond acceptors (Lipinski definition) is 5. The molecule has 4 aromatic rings. The van der Waals surface area contributed by atoms with Crippen molar-refractivity contribution in [1.82, 2.24) is 4.98 Å². The van der Waals surface area contributed by atoms with E-state index in [4.69, 9.17) is 0 Å². The van der Waals surface area contributed by atoms with Gasteiger partial charge in [-0.15, -0.1) is 0 Å². The molecule has 1 aromatic heterocycles. The molecule has 0 saturated carbocycles. The van der Waals surface area contributed by atoms with Crippen LogP contribution < -0.4 is 4.90 Å². The molecule has 9 heteroatoms. The number of anilines is 1. The third kappa shape index (κ3) is 3.46. The van der Waals surface area contributed by atoms with Crippen molar-refractivity contribution < 1.29 is 27.9 Å². The lowest BCUT2D eigenvalue weighted by Crippen LogP contribution is -2.29. The summed E-state index contributed by atoms with van der Waals surface area (Å²) in [6.07, 6.45) is 0. The molecule has 0 aliphatic carbocycles. The second kappa shape index (κ2) is 7.86. The summed E-state index contributed by atoms with van der Waals surface area (Å²) in [6.45, 7) is 0. The maximum atomic E-state index is 14.9. The maximum Gasteiger partial charge on any atom is 0.301 e. The van der Waals surface area contributed by atoms with Crippen LogP contribution in [0, 0.1) is 17.5 Å². The van der Waals surface area contributed by atoms with Gasteiger partial charge in [-0.2, -0.15) is 0 Å². The average Bonchev–Trinajstić information content (AvgIpc) is 3.32. The minimum Gasteiger partial charge on any atom is -0.507 e. The summed E-state index contributed by atoms with van der Waals surface area (Å²) in [5, 5.41) is 11.0. The predicted octanol–water partition coefficient (Wildman–Crippen LogP) is 5.34. The Labute approximate surface area is 189 Å². The molecule has 1 atom stereocenters. The molecule has 5 rings (SSSR count). The maximum absolute atomic E-state index is 14.9. The van der Waals surface area contributed by atoms with Gasteiger partial charge in [0.05, 0.1) is 15.8 Å². The molecule has 33 heavy (non-hydrogen) atoms. The number of thiazole rings is 1. The van der Waals surface area contributed by atoms with Crippen molar-refractivity contribution in [3.63, 3.8) is 0 Å². The largest absolute Gasteiger partial charge is 0.507 e. The van der Waals surface area contributed by atoms with Gasteiger partial charge in [0.25, 0.3) is 5.78 Å². The van der Waals surface area contributed by atoms with Gasteiger partial charge in [0, 0.05) is 11.1 Å². The summed E-state index contributed by atoms with van der Waals surface area (Å²) in [4.78, 5) is 31.5. The lowest BCUT2D eigenvalue weighted by molar-refractivity contribution is -0.132. The van der Waals surface area contributed by atoms with Crippen molar-refractivity contribution in [2.75, 3.05) is 4.90 Å². The molecule has 0 spiro atoms. The van der Waals surface area contributed by atoms with E-state index in [1.54, 1.807) is 0 Å². The Kier molecular flexibility index (Phi) is 4.98. The lowest BCUT2D eigenvalue weighted by Gasteiger charge is -2.23. The second-order valence-corrected chi connectivity index (χ2v) is 8.32. The van der Waals surface area contributed by atoms with E-state index >= 15 is 0 Å². The normalized spacial score (nSPS) is 17.8. The van der Waals surface area contributed by atoms with Crippen molar-refractivity contribution in [2.45, 2.75) is 6.04 Å². The summed E-state index contributed by atoms with van der Waals surface area (Å²) in [6, 6.07) is 12.8. The molecule has 5 nitrogen and oxygen atoms in total. The fourth-order valence-electron chi connectivity index (χ4n) is 3.77. The van der Waals surface area contributed by atoms with Crippen LogP contribution in [0.25, 0.3) is 16.0 Å². The van der Waals surface area contributed by atoms with Crippen LogP contribution in [0.15, 0.2) is 72.3 Å². The van der Waals surface area contributed by atoms with Crippen LogP contribution in [-0.2, 0) is 9.59 Å². The molecule has 164 valence electrons. The summed E-state index contributed by atoms with van der Waals surface area (Å²) in [7, 11) is 0. The number of ketones is 1. The number of aliphatic hydroxyl groups is 1. The lowest BCUT2D eigenvalue weighted by atomic mass is 9.95. The third-order valence-electron chi connectivity index (χ3n) is 5.31. The molecule has 1 amide bonds. The molecular formula is C24H13F3N2O3S. The number of halogens is 3. The highest BCUT2D eigenvalue weighted by atomic mass is 32.1. The van der Waals surface area contributed by atoms with Gasteiger partial charge in [0.15, 0.2) is 5.13 Å². The number of hydrogen-bond donors (Lipinski definition) is 1. The van der Waals surface area contributed by atoms with Gasteiger partial charge >= 0.3 is 5.91 Å². The SMILES string of the molecule is O=C1C(=O)N(c2nc3ccc(F)cc3s2)[C@@H](c2ccccc2F)/C1=C(\O)c1ccc(F)cc1. The third-order valence-corrected chi connectivity index (χ3v) is 6.32. The Bertz CT molecular complexity index is 1460. The summed E-state index contributed by atoms with van der Waals surface area (Å²) in [5.41, 5.74) is 0.0826. The highest BCUT2D eigenvalue weighted by molar-refractivity contribution is 7.22. The van der Waals surface area contributed by atoms with Crippen LogP contribution >= 0.6 is 11.3 Å². The number of benzene rings is 3. The van der Waals surface area contributed by atoms with Gasteiger partial charge in [0.1, 0.15) is 29.3 Å². The number of fused-ring (bicyclic) bond motifs is 1. The number of Topliss-reactive ketones (excluding diaryl/α,β-unsaturated/α-hetero) is 1. The van der Waals surface area contributed by atoms with Crippen LogP contribution in [0.2, 0.25) is 0 Å². The van der Waals surface area contributed by atoms with E-state index in [0.717, 1.165) is 28.4 Å². The predicted molar refractivity (Wildman–Crippen MR) is 117 cm³/mol. The molecule has 1 N–H and O–H groups in total. The highest BCUT2D eigenvalue weighted by Crippen LogP contribution is 2.44. The molecule has 1 saturated heterocycles. The van der Waals surface area contributed by atoms with E-state index in [9.17, 15) is 27.9 Å². The number of carbonyl (C=O) groups excluding carboxylic acids is 2. The Balaban J connectivity index is 1.75. The molecule has 1 aliphatic heterocycles. The van der Waals surface area contributed by atoms with E-state index in [2.05, 4.69) is 4.98 Å². The number of aliphatic hydroxyl groups excluding tert-OH is 1. The Morgan fingerprint density at radius 1 is 0.939 bits per heavy atom. The number of aromatic nitrogens is 1. The van der Waals surface area contributed by atoms with Crippen LogP contribution in [0.1, 0.15) is 17.2 Å². The number of carbonyl (C=O) groups is 2. The fraction of sp³-hybridized carbons (Fsp3) is 0.0417. The molecule has 2 heterocycles. The average molecular weight is 466 g/mol. The number of nitrogens with zero attached hydrogens (tertiary/aromatic N) is 2. The fourth-order valence-corrected chi connectivity index (χ4v) is 4.79.